The van der Waals surface area contributed by atoms with Crippen LogP contribution in [0.15, 0.2) is 57.3 Å². The minimum absolute atomic E-state index is 0.0902. The van der Waals surface area contributed by atoms with Gasteiger partial charge in [0.2, 0.25) is 0 Å². The number of hydrogen-bond acceptors (Lipinski definition) is 4. The third-order valence-corrected chi connectivity index (χ3v) is 6.46. The fraction of sp³-hybridized carbons (Fsp3) is 0.304. The molecule has 6 heteroatoms. The highest BCUT2D eigenvalue weighted by Crippen LogP contribution is 2.46. The molecule has 0 bridgehead atoms. The van der Waals surface area contributed by atoms with Gasteiger partial charge >= 0.3 is 0 Å². The van der Waals surface area contributed by atoms with Gasteiger partial charge in [-0.1, -0.05) is 23.2 Å². The Morgan fingerprint density at radius 3 is 2.17 bits per heavy atom. The number of dihydropyridines is 1. The van der Waals surface area contributed by atoms with Crippen molar-refractivity contribution in [1.29, 1.82) is 0 Å². The predicted molar refractivity (Wildman–Crippen MR) is 112 cm³/mol. The first-order chi connectivity index (χ1) is 14.0. The second kappa shape index (κ2) is 7.19. The summed E-state index contributed by atoms with van der Waals surface area (Å²) in [7, 11) is 0. The second-order valence-electron chi connectivity index (χ2n) is 7.72. The quantitative estimate of drug-likeness (QED) is 0.642. The van der Waals surface area contributed by atoms with E-state index >= 15 is 0 Å². The Kier molecular flexibility index (Phi) is 4.64. The van der Waals surface area contributed by atoms with Crippen LogP contribution < -0.4 is 5.32 Å². The molecule has 0 unspecified atom stereocenters. The summed E-state index contributed by atoms with van der Waals surface area (Å²) in [6.07, 6.45) is 4.29. The van der Waals surface area contributed by atoms with Gasteiger partial charge in [0.1, 0.15) is 11.5 Å². The van der Waals surface area contributed by atoms with Crippen molar-refractivity contribution in [2.24, 2.45) is 0 Å². The number of furan rings is 1. The van der Waals surface area contributed by atoms with Gasteiger partial charge in [-0.15, -0.1) is 0 Å². The van der Waals surface area contributed by atoms with E-state index in [0.29, 0.717) is 51.1 Å². The maximum absolute atomic E-state index is 12.9. The van der Waals surface area contributed by atoms with Gasteiger partial charge in [0, 0.05) is 46.0 Å². The molecule has 0 saturated heterocycles. The third-order valence-electron chi connectivity index (χ3n) is 5.90. The number of rotatable bonds is 2. The van der Waals surface area contributed by atoms with E-state index in [1.54, 1.807) is 18.2 Å². The van der Waals surface area contributed by atoms with Crippen LogP contribution in [0.2, 0.25) is 10.0 Å². The van der Waals surface area contributed by atoms with Crippen molar-refractivity contribution >= 4 is 34.8 Å². The van der Waals surface area contributed by atoms with Crippen LogP contribution in [0.25, 0.3) is 11.3 Å². The monoisotopic (exact) mass is 427 g/mol. The van der Waals surface area contributed by atoms with Gasteiger partial charge in [-0.2, -0.15) is 0 Å². The minimum Gasteiger partial charge on any atom is -0.460 e. The first kappa shape index (κ1) is 18.7. The summed E-state index contributed by atoms with van der Waals surface area (Å²) in [4.78, 5) is 25.7. The highest BCUT2D eigenvalue weighted by atomic mass is 35.5. The van der Waals surface area contributed by atoms with Crippen LogP contribution >= 0.6 is 23.2 Å². The number of carbonyl (C=O) groups is 2. The SMILES string of the molecule is O=C1CCCC2=C1C(c1ccc(-c3cc(Cl)ccc3Cl)o1)C1=C(CCCC1=O)N2. The Hall–Kier alpha value is -2.30. The van der Waals surface area contributed by atoms with Gasteiger partial charge in [0.25, 0.3) is 0 Å². The van der Waals surface area contributed by atoms with Gasteiger partial charge in [0.15, 0.2) is 11.6 Å². The molecule has 2 aliphatic carbocycles. The lowest BCUT2D eigenvalue weighted by Gasteiger charge is -2.36. The zero-order valence-corrected chi connectivity index (χ0v) is 17.2. The standard InChI is InChI=1S/C23H19Cl2NO3/c24-12-7-8-14(25)13(11-12)19-9-10-20(29-19)23-21-15(3-1-5-17(21)27)26-16-4-2-6-18(28)22(16)23/h7-11,23,26H,1-6H2. The molecule has 0 atom stereocenters. The van der Waals surface area contributed by atoms with E-state index in [1.165, 1.54) is 0 Å². The van der Waals surface area contributed by atoms with E-state index in [4.69, 9.17) is 27.6 Å². The number of allylic oxidation sites excluding steroid dienone is 4. The first-order valence-electron chi connectivity index (χ1n) is 9.87. The Morgan fingerprint density at radius 1 is 0.862 bits per heavy atom. The van der Waals surface area contributed by atoms with Gasteiger partial charge in [0.05, 0.1) is 10.9 Å². The van der Waals surface area contributed by atoms with Crippen LogP contribution in [0, 0.1) is 0 Å². The van der Waals surface area contributed by atoms with E-state index in [9.17, 15) is 9.59 Å². The van der Waals surface area contributed by atoms with Crippen LogP contribution in [0.5, 0.6) is 0 Å². The van der Waals surface area contributed by atoms with Crippen molar-refractivity contribution in [3.05, 3.63) is 68.7 Å². The van der Waals surface area contributed by atoms with Crippen molar-refractivity contribution in [3.8, 4) is 11.3 Å². The molecule has 0 spiro atoms. The van der Waals surface area contributed by atoms with Gasteiger partial charge in [-0.3, -0.25) is 9.59 Å². The van der Waals surface area contributed by atoms with Crippen molar-refractivity contribution in [2.75, 3.05) is 0 Å². The summed E-state index contributed by atoms with van der Waals surface area (Å²) in [5, 5.41) is 4.50. The molecule has 29 heavy (non-hydrogen) atoms. The zero-order chi connectivity index (χ0) is 20.1. The highest BCUT2D eigenvalue weighted by molar-refractivity contribution is 6.35. The van der Waals surface area contributed by atoms with Crippen LogP contribution in [0.1, 0.15) is 50.2 Å². The van der Waals surface area contributed by atoms with Crippen molar-refractivity contribution in [3.63, 3.8) is 0 Å². The van der Waals surface area contributed by atoms with Gasteiger partial charge in [-0.05, 0) is 56.0 Å². The zero-order valence-electron chi connectivity index (χ0n) is 15.7. The largest absolute Gasteiger partial charge is 0.460 e. The third kappa shape index (κ3) is 3.15. The normalized spacial score (nSPS) is 19.9. The summed E-state index contributed by atoms with van der Waals surface area (Å²) in [5.74, 6) is 0.901. The Morgan fingerprint density at radius 2 is 1.52 bits per heavy atom. The molecule has 0 fully saturated rings. The molecule has 148 valence electrons. The molecule has 0 amide bonds. The summed E-state index contributed by atoms with van der Waals surface area (Å²) in [5.41, 5.74) is 3.94. The molecule has 2 aromatic rings. The van der Waals surface area contributed by atoms with Gasteiger partial charge in [-0.25, -0.2) is 0 Å². The maximum Gasteiger partial charge on any atom is 0.161 e. The molecular formula is C23H19Cl2NO3. The molecule has 1 aromatic carbocycles. The Balaban J connectivity index is 1.65. The number of nitrogens with one attached hydrogen (secondary N) is 1. The lowest BCUT2D eigenvalue weighted by Crippen LogP contribution is -2.36. The van der Waals surface area contributed by atoms with Crippen LogP contribution in [-0.2, 0) is 9.59 Å². The summed E-state index contributed by atoms with van der Waals surface area (Å²) < 4.78 is 6.20. The maximum atomic E-state index is 12.9. The average Bonchev–Trinajstić information content (AvgIpc) is 3.18. The molecule has 1 aromatic heterocycles. The fourth-order valence-corrected chi connectivity index (χ4v) is 4.99. The lowest BCUT2D eigenvalue weighted by molar-refractivity contribution is -0.117. The molecule has 0 saturated carbocycles. The first-order valence-corrected chi connectivity index (χ1v) is 10.6. The molecule has 1 N–H and O–H groups in total. The number of ketones is 2. The number of halogens is 2. The number of carbonyl (C=O) groups excluding carboxylic acids is 2. The van der Waals surface area contributed by atoms with Crippen LogP contribution in [0.4, 0.5) is 0 Å². The van der Waals surface area contributed by atoms with E-state index in [2.05, 4.69) is 5.32 Å². The molecule has 0 radical (unpaired) electrons. The predicted octanol–water partition coefficient (Wildman–Crippen LogP) is 5.95. The van der Waals surface area contributed by atoms with Crippen molar-refractivity contribution < 1.29 is 14.0 Å². The number of Topliss-reactive ketones (excluding diaryl/α,β-unsaturated/α-hetero) is 2. The van der Waals surface area contributed by atoms with Gasteiger partial charge < -0.3 is 9.73 Å². The van der Waals surface area contributed by atoms with Crippen molar-refractivity contribution in [1.82, 2.24) is 5.32 Å². The number of hydrogen-bond donors (Lipinski definition) is 1. The second-order valence-corrected chi connectivity index (χ2v) is 8.57. The molecular weight excluding hydrogens is 409 g/mol. The average molecular weight is 428 g/mol. The van der Waals surface area contributed by atoms with E-state index < -0.39 is 5.92 Å². The topological polar surface area (TPSA) is 59.3 Å². The minimum atomic E-state index is -0.450. The molecule has 3 aliphatic rings. The molecule has 1 aliphatic heterocycles. The highest BCUT2D eigenvalue weighted by Gasteiger charge is 2.41. The summed E-state index contributed by atoms with van der Waals surface area (Å²) in [6, 6.07) is 8.88. The molecule has 4 nitrogen and oxygen atoms in total. The summed E-state index contributed by atoms with van der Waals surface area (Å²) >= 11 is 12.5. The van der Waals surface area contributed by atoms with E-state index in [1.807, 2.05) is 12.1 Å². The smallest absolute Gasteiger partial charge is 0.161 e. The van der Waals surface area contributed by atoms with E-state index in [-0.39, 0.29) is 11.6 Å². The molecule has 5 rings (SSSR count). The molecule has 2 heterocycles. The van der Waals surface area contributed by atoms with E-state index in [0.717, 1.165) is 37.1 Å². The van der Waals surface area contributed by atoms with Crippen molar-refractivity contribution in [2.45, 2.75) is 44.4 Å². The Labute approximate surface area is 178 Å². The number of benzene rings is 1. The fourth-order valence-electron chi connectivity index (χ4n) is 4.61. The Bertz CT molecular complexity index is 1070. The lowest BCUT2D eigenvalue weighted by atomic mass is 9.73. The summed E-state index contributed by atoms with van der Waals surface area (Å²) in [6.45, 7) is 0. The van der Waals surface area contributed by atoms with Crippen LogP contribution in [0.3, 0.4) is 0 Å². The van der Waals surface area contributed by atoms with Crippen LogP contribution in [-0.4, -0.2) is 11.6 Å².